The summed E-state index contributed by atoms with van der Waals surface area (Å²) in [5, 5.41) is 4.16. The number of nitrogens with one attached hydrogen (secondary N) is 1. The highest BCUT2D eigenvalue weighted by molar-refractivity contribution is 6.42. The predicted octanol–water partition coefficient (Wildman–Crippen LogP) is 2.90. The first-order valence-electron chi connectivity index (χ1n) is 4.84. The Balaban J connectivity index is 2.42. The third kappa shape index (κ3) is 2.21. The Morgan fingerprint density at radius 1 is 1.31 bits per heavy atom. The first kappa shape index (κ1) is 11.5. The van der Waals surface area contributed by atoms with Crippen molar-refractivity contribution < 1.29 is 0 Å². The third-order valence-corrected chi connectivity index (χ3v) is 2.97. The number of imidazole rings is 1. The number of hydrogen-bond donors (Lipinski definition) is 1. The van der Waals surface area contributed by atoms with Gasteiger partial charge in [-0.15, -0.1) is 0 Å². The molecule has 1 aromatic carbocycles. The minimum atomic E-state index is 0.545. The molecule has 1 N–H and O–H groups in total. The summed E-state index contributed by atoms with van der Waals surface area (Å²) in [7, 11) is 1.88. The average molecular weight is 256 g/mol. The maximum atomic E-state index is 5.98. The van der Waals surface area contributed by atoms with Gasteiger partial charge in [0.1, 0.15) is 5.82 Å². The van der Waals surface area contributed by atoms with Crippen molar-refractivity contribution in [2.45, 2.75) is 6.54 Å². The first-order chi connectivity index (χ1) is 7.72. The van der Waals surface area contributed by atoms with Crippen LogP contribution in [0.2, 0.25) is 10.0 Å². The molecule has 1 heterocycles. The number of rotatable bonds is 3. The fourth-order valence-electron chi connectivity index (χ4n) is 1.49. The molecule has 1 aromatic heterocycles. The normalized spacial score (nSPS) is 10.7. The van der Waals surface area contributed by atoms with E-state index in [1.165, 1.54) is 0 Å². The van der Waals surface area contributed by atoms with E-state index in [2.05, 4.69) is 10.3 Å². The van der Waals surface area contributed by atoms with E-state index in [1.807, 2.05) is 29.9 Å². The fourth-order valence-corrected chi connectivity index (χ4v) is 1.79. The smallest absolute Gasteiger partial charge is 0.127 e. The highest BCUT2D eigenvalue weighted by atomic mass is 35.5. The van der Waals surface area contributed by atoms with Crippen molar-refractivity contribution in [2.24, 2.45) is 0 Å². The quantitative estimate of drug-likeness (QED) is 0.915. The van der Waals surface area contributed by atoms with Crippen molar-refractivity contribution in [1.29, 1.82) is 0 Å². The molecular weight excluding hydrogens is 245 g/mol. The zero-order chi connectivity index (χ0) is 11.5. The van der Waals surface area contributed by atoms with Crippen molar-refractivity contribution >= 4 is 23.2 Å². The SMILES string of the molecule is CNCc1nccn1-c1ccc(Cl)c(Cl)c1. The summed E-state index contributed by atoms with van der Waals surface area (Å²) < 4.78 is 1.97. The molecule has 0 aliphatic rings. The Kier molecular flexibility index (Phi) is 3.49. The molecule has 0 spiro atoms. The molecule has 0 aliphatic carbocycles. The van der Waals surface area contributed by atoms with Crippen LogP contribution < -0.4 is 5.32 Å². The van der Waals surface area contributed by atoms with Crippen LogP contribution >= 0.6 is 23.2 Å². The van der Waals surface area contributed by atoms with E-state index in [0.29, 0.717) is 16.6 Å². The van der Waals surface area contributed by atoms with Crippen LogP contribution in [0.1, 0.15) is 5.82 Å². The predicted molar refractivity (Wildman–Crippen MR) is 66.3 cm³/mol. The molecule has 0 fully saturated rings. The topological polar surface area (TPSA) is 29.9 Å². The van der Waals surface area contributed by atoms with Crippen molar-refractivity contribution in [3.63, 3.8) is 0 Å². The molecule has 0 aliphatic heterocycles. The summed E-state index contributed by atoms with van der Waals surface area (Å²) in [5.41, 5.74) is 0.956. The lowest BCUT2D eigenvalue weighted by Crippen LogP contribution is -2.11. The van der Waals surface area contributed by atoms with E-state index in [0.717, 1.165) is 11.5 Å². The van der Waals surface area contributed by atoms with Gasteiger partial charge < -0.3 is 9.88 Å². The summed E-state index contributed by atoms with van der Waals surface area (Å²) in [4.78, 5) is 4.26. The molecule has 2 aromatic rings. The number of nitrogens with zero attached hydrogens (tertiary/aromatic N) is 2. The molecule has 3 nitrogen and oxygen atoms in total. The van der Waals surface area contributed by atoms with E-state index in [9.17, 15) is 0 Å². The standard InChI is InChI=1S/C11H11Cl2N3/c1-14-7-11-15-4-5-16(11)8-2-3-9(12)10(13)6-8/h2-6,14H,7H2,1H3. The van der Waals surface area contributed by atoms with E-state index < -0.39 is 0 Å². The average Bonchev–Trinajstić information content (AvgIpc) is 2.71. The Hall–Kier alpha value is -1.03. The third-order valence-electron chi connectivity index (χ3n) is 2.23. The molecule has 0 radical (unpaired) electrons. The van der Waals surface area contributed by atoms with Gasteiger partial charge in [-0.2, -0.15) is 0 Å². The lowest BCUT2D eigenvalue weighted by molar-refractivity contribution is 0.742. The van der Waals surface area contributed by atoms with E-state index >= 15 is 0 Å². The minimum absolute atomic E-state index is 0.545. The lowest BCUT2D eigenvalue weighted by atomic mass is 10.3. The largest absolute Gasteiger partial charge is 0.313 e. The van der Waals surface area contributed by atoms with Gasteiger partial charge in [-0.1, -0.05) is 23.2 Å². The maximum absolute atomic E-state index is 5.98. The molecule has 5 heteroatoms. The van der Waals surface area contributed by atoms with Gasteiger partial charge >= 0.3 is 0 Å². The number of halogens is 2. The van der Waals surface area contributed by atoms with Gasteiger partial charge in [0.15, 0.2) is 0 Å². The second-order valence-electron chi connectivity index (χ2n) is 3.34. The van der Waals surface area contributed by atoms with Gasteiger partial charge in [-0.25, -0.2) is 4.98 Å². The van der Waals surface area contributed by atoms with Gasteiger partial charge in [-0.05, 0) is 25.2 Å². The second kappa shape index (κ2) is 4.87. The van der Waals surface area contributed by atoms with Crippen molar-refractivity contribution in [1.82, 2.24) is 14.9 Å². The molecule has 0 atom stereocenters. The number of benzene rings is 1. The monoisotopic (exact) mass is 255 g/mol. The number of aromatic nitrogens is 2. The molecule has 0 amide bonds. The van der Waals surface area contributed by atoms with Crippen molar-refractivity contribution in [2.75, 3.05) is 7.05 Å². The van der Waals surface area contributed by atoms with E-state index in [1.54, 1.807) is 12.3 Å². The fraction of sp³-hybridized carbons (Fsp3) is 0.182. The Morgan fingerprint density at radius 2 is 2.12 bits per heavy atom. The van der Waals surface area contributed by atoms with Crippen LogP contribution in [0.3, 0.4) is 0 Å². The van der Waals surface area contributed by atoms with Crippen LogP contribution in [0, 0.1) is 0 Å². The van der Waals surface area contributed by atoms with Gasteiger partial charge in [0.25, 0.3) is 0 Å². The van der Waals surface area contributed by atoms with E-state index in [4.69, 9.17) is 23.2 Å². The lowest BCUT2D eigenvalue weighted by Gasteiger charge is -2.08. The Labute approximate surface area is 104 Å². The zero-order valence-electron chi connectivity index (χ0n) is 8.74. The molecule has 0 unspecified atom stereocenters. The summed E-state index contributed by atoms with van der Waals surface area (Å²) in [5.74, 6) is 0.931. The van der Waals surface area contributed by atoms with Gasteiger partial charge in [-0.3, -0.25) is 0 Å². The second-order valence-corrected chi connectivity index (χ2v) is 4.16. The molecule has 84 valence electrons. The molecule has 2 rings (SSSR count). The molecule has 0 saturated heterocycles. The molecule has 0 bridgehead atoms. The molecule has 0 saturated carbocycles. The van der Waals surface area contributed by atoms with Gasteiger partial charge in [0.05, 0.1) is 16.6 Å². The zero-order valence-corrected chi connectivity index (χ0v) is 10.3. The van der Waals surface area contributed by atoms with Crippen LogP contribution in [0.4, 0.5) is 0 Å². The summed E-state index contributed by atoms with van der Waals surface area (Å²) in [6.07, 6.45) is 3.65. The van der Waals surface area contributed by atoms with Crippen LogP contribution in [0.5, 0.6) is 0 Å². The van der Waals surface area contributed by atoms with Gasteiger partial charge in [0.2, 0.25) is 0 Å². The van der Waals surface area contributed by atoms with Crippen LogP contribution in [0.15, 0.2) is 30.6 Å². The van der Waals surface area contributed by atoms with Crippen LogP contribution in [-0.2, 0) is 6.54 Å². The van der Waals surface area contributed by atoms with Crippen LogP contribution in [-0.4, -0.2) is 16.6 Å². The summed E-state index contributed by atoms with van der Waals surface area (Å²) >= 11 is 11.9. The van der Waals surface area contributed by atoms with Crippen molar-refractivity contribution in [3.05, 3.63) is 46.5 Å². The van der Waals surface area contributed by atoms with Crippen molar-refractivity contribution in [3.8, 4) is 5.69 Å². The molecular formula is C11H11Cl2N3. The van der Waals surface area contributed by atoms with Crippen LogP contribution in [0.25, 0.3) is 5.69 Å². The summed E-state index contributed by atoms with van der Waals surface area (Å²) in [6.45, 7) is 0.702. The van der Waals surface area contributed by atoms with E-state index in [-0.39, 0.29) is 0 Å². The highest BCUT2D eigenvalue weighted by Gasteiger charge is 2.05. The maximum Gasteiger partial charge on any atom is 0.127 e. The minimum Gasteiger partial charge on any atom is -0.313 e. The summed E-state index contributed by atoms with van der Waals surface area (Å²) in [6, 6.07) is 5.52. The Bertz CT molecular complexity index is 494. The number of hydrogen-bond acceptors (Lipinski definition) is 2. The van der Waals surface area contributed by atoms with Gasteiger partial charge in [0, 0.05) is 18.1 Å². The first-order valence-corrected chi connectivity index (χ1v) is 5.60. The molecule has 16 heavy (non-hydrogen) atoms. The highest BCUT2D eigenvalue weighted by Crippen LogP contribution is 2.24. The Morgan fingerprint density at radius 3 is 2.81 bits per heavy atom.